The molecule has 0 bridgehead atoms. The number of benzene rings is 2. The fraction of sp³-hybridized carbons (Fsp3) is 0.345. The van der Waals surface area contributed by atoms with Crippen molar-refractivity contribution in [3.05, 3.63) is 69.9 Å². The van der Waals surface area contributed by atoms with Crippen molar-refractivity contribution in [3.63, 3.8) is 0 Å². The van der Waals surface area contributed by atoms with Gasteiger partial charge in [0.15, 0.2) is 11.5 Å². The minimum absolute atomic E-state index is 0.154. The van der Waals surface area contributed by atoms with Gasteiger partial charge in [0.1, 0.15) is 6.04 Å². The van der Waals surface area contributed by atoms with E-state index >= 15 is 0 Å². The number of alkyl halides is 3. The quantitative estimate of drug-likeness (QED) is 0.328. The van der Waals surface area contributed by atoms with E-state index in [4.69, 9.17) is 14.2 Å². The van der Waals surface area contributed by atoms with Gasteiger partial charge in [-0.1, -0.05) is 12.1 Å². The average Bonchev–Trinajstić information content (AvgIpc) is 3.47. The molecule has 0 radical (unpaired) electrons. The van der Waals surface area contributed by atoms with Gasteiger partial charge in [0.2, 0.25) is 17.6 Å². The summed E-state index contributed by atoms with van der Waals surface area (Å²) in [7, 11) is 4.11. The van der Waals surface area contributed by atoms with Gasteiger partial charge < -0.3 is 24.8 Å². The number of halogens is 3. The Morgan fingerprint density at radius 3 is 2.07 bits per heavy atom. The van der Waals surface area contributed by atoms with Crippen LogP contribution in [0, 0.1) is 0 Å². The summed E-state index contributed by atoms with van der Waals surface area (Å²) < 4.78 is 57.5. The molecule has 1 aromatic heterocycles. The number of anilines is 1. The number of carbonyl (C=O) groups excluding carboxylic acids is 3. The molecule has 0 fully saturated rings. The number of hydrogen-bond acceptors (Lipinski definition) is 7. The van der Waals surface area contributed by atoms with Crippen molar-refractivity contribution in [1.82, 2.24) is 10.6 Å². The fourth-order valence-electron chi connectivity index (χ4n) is 4.12. The van der Waals surface area contributed by atoms with E-state index in [0.29, 0.717) is 4.88 Å². The zero-order valence-corrected chi connectivity index (χ0v) is 24.7. The van der Waals surface area contributed by atoms with Crippen molar-refractivity contribution >= 4 is 34.7 Å². The molecule has 0 saturated carbocycles. The van der Waals surface area contributed by atoms with E-state index in [1.807, 2.05) is 0 Å². The number of carbonyl (C=O) groups is 3. The molecule has 0 spiro atoms. The molecule has 3 rings (SSSR count). The molecule has 0 aliphatic heterocycles. The topological polar surface area (TPSA) is 106 Å². The molecule has 9 nitrogen and oxygen atoms in total. The van der Waals surface area contributed by atoms with E-state index < -0.39 is 47.6 Å². The summed E-state index contributed by atoms with van der Waals surface area (Å²) in [5, 5.41) is 6.98. The number of thiophene rings is 1. The summed E-state index contributed by atoms with van der Waals surface area (Å²) in [5.41, 5.74) is -1.88. The maximum Gasteiger partial charge on any atom is 0.416 e. The fourth-order valence-corrected chi connectivity index (χ4v) is 4.76. The lowest BCUT2D eigenvalue weighted by Crippen LogP contribution is -2.51. The van der Waals surface area contributed by atoms with Gasteiger partial charge in [-0.15, -0.1) is 11.3 Å². The number of hydrogen-bond donors (Lipinski definition) is 2. The molecule has 2 N–H and O–H groups in total. The van der Waals surface area contributed by atoms with E-state index in [9.17, 15) is 27.6 Å². The summed E-state index contributed by atoms with van der Waals surface area (Å²) in [5.74, 6) is -1.58. The first-order valence-electron chi connectivity index (χ1n) is 12.6. The summed E-state index contributed by atoms with van der Waals surface area (Å²) in [6, 6.07) is 8.62. The van der Waals surface area contributed by atoms with Crippen molar-refractivity contribution in [2.24, 2.45) is 0 Å². The Morgan fingerprint density at radius 2 is 1.57 bits per heavy atom. The number of nitrogens with zero attached hydrogens (tertiary/aromatic N) is 1. The van der Waals surface area contributed by atoms with Crippen LogP contribution in [0.25, 0.3) is 0 Å². The standard InChI is InChI=1S/C29H32F3N3O6S/c1-28(2,3)34-27(38)24(17-13-20(39-4)25(41-6)21(14-17)40-5)35(19-10-7-9-18(15-19)29(30,31)32)23(36)16-33-26(37)22-11-8-12-42-22/h7-15,24H,16H2,1-6H3,(H,33,37)(H,34,38)/t24-/m1/s1. The molecule has 0 aliphatic carbocycles. The molecule has 0 unspecified atom stereocenters. The third kappa shape index (κ3) is 7.72. The summed E-state index contributed by atoms with van der Waals surface area (Å²) >= 11 is 1.15. The van der Waals surface area contributed by atoms with Crippen LogP contribution in [0.4, 0.5) is 18.9 Å². The molecule has 2 aromatic carbocycles. The molecule has 226 valence electrons. The van der Waals surface area contributed by atoms with Gasteiger partial charge in [0.05, 0.1) is 38.3 Å². The Bertz CT molecular complexity index is 1400. The van der Waals surface area contributed by atoms with Crippen molar-refractivity contribution < 1.29 is 41.8 Å². The van der Waals surface area contributed by atoms with Gasteiger partial charge >= 0.3 is 6.18 Å². The molecule has 1 heterocycles. The molecule has 13 heteroatoms. The van der Waals surface area contributed by atoms with Gasteiger partial charge in [-0.3, -0.25) is 19.3 Å². The van der Waals surface area contributed by atoms with Crippen LogP contribution in [0.15, 0.2) is 53.9 Å². The molecule has 3 aromatic rings. The van der Waals surface area contributed by atoms with Crippen LogP contribution in [0.2, 0.25) is 0 Å². The largest absolute Gasteiger partial charge is 0.493 e. The molecule has 0 saturated heterocycles. The normalized spacial score (nSPS) is 12.2. The Balaban J connectivity index is 2.23. The zero-order chi connectivity index (χ0) is 31.2. The average molecular weight is 608 g/mol. The number of ether oxygens (including phenoxy) is 3. The van der Waals surface area contributed by atoms with Crippen molar-refractivity contribution in [2.45, 2.75) is 38.5 Å². The van der Waals surface area contributed by atoms with Gasteiger partial charge in [-0.2, -0.15) is 13.2 Å². The third-order valence-corrected chi connectivity index (χ3v) is 6.74. The van der Waals surface area contributed by atoms with Gasteiger partial charge in [-0.25, -0.2) is 0 Å². The van der Waals surface area contributed by atoms with E-state index in [0.717, 1.165) is 34.4 Å². The Hall–Kier alpha value is -4.26. The molecular weight excluding hydrogens is 575 g/mol. The second kappa shape index (κ2) is 13.1. The molecular formula is C29H32F3N3O6S. The first-order chi connectivity index (χ1) is 19.7. The molecule has 0 aliphatic rings. The van der Waals surface area contributed by atoms with Crippen LogP contribution in [-0.2, 0) is 15.8 Å². The highest BCUT2D eigenvalue weighted by Crippen LogP contribution is 2.42. The van der Waals surface area contributed by atoms with E-state index in [1.165, 1.54) is 39.5 Å². The minimum Gasteiger partial charge on any atom is -0.493 e. The lowest BCUT2D eigenvalue weighted by Gasteiger charge is -2.34. The highest BCUT2D eigenvalue weighted by atomic mass is 32.1. The number of methoxy groups -OCH3 is 3. The first kappa shape index (κ1) is 32.3. The molecule has 42 heavy (non-hydrogen) atoms. The SMILES string of the molecule is COc1cc([C@H](C(=O)NC(C)(C)C)N(C(=O)CNC(=O)c2cccs2)c2cccc(C(F)(F)F)c2)cc(OC)c1OC. The number of amides is 3. The monoisotopic (exact) mass is 607 g/mol. The molecule has 3 amide bonds. The van der Waals surface area contributed by atoms with Crippen LogP contribution >= 0.6 is 11.3 Å². The highest BCUT2D eigenvalue weighted by Gasteiger charge is 2.38. The van der Waals surface area contributed by atoms with E-state index in [2.05, 4.69) is 10.6 Å². The van der Waals surface area contributed by atoms with E-state index in [1.54, 1.807) is 38.3 Å². The summed E-state index contributed by atoms with van der Waals surface area (Å²) in [6.07, 6.45) is -4.73. The zero-order valence-electron chi connectivity index (χ0n) is 23.9. The summed E-state index contributed by atoms with van der Waals surface area (Å²) in [4.78, 5) is 41.6. The van der Waals surface area contributed by atoms with Crippen molar-refractivity contribution in [2.75, 3.05) is 32.8 Å². The highest BCUT2D eigenvalue weighted by molar-refractivity contribution is 7.12. The lowest BCUT2D eigenvalue weighted by atomic mass is 9.99. The predicted octanol–water partition coefficient (Wildman–Crippen LogP) is 5.21. The second-order valence-corrected chi connectivity index (χ2v) is 11.0. The Labute approximate surface area is 245 Å². The second-order valence-electron chi connectivity index (χ2n) is 10.1. The van der Waals surface area contributed by atoms with Crippen LogP contribution in [-0.4, -0.2) is 51.1 Å². The van der Waals surface area contributed by atoms with E-state index in [-0.39, 0.29) is 28.5 Å². The van der Waals surface area contributed by atoms with Gasteiger partial charge in [-0.05, 0) is 68.1 Å². The maximum atomic E-state index is 13.9. The Morgan fingerprint density at radius 1 is 0.929 bits per heavy atom. The summed E-state index contributed by atoms with van der Waals surface area (Å²) in [6.45, 7) is 4.54. The smallest absolute Gasteiger partial charge is 0.416 e. The molecule has 1 atom stereocenters. The van der Waals surface area contributed by atoms with Crippen LogP contribution in [0.5, 0.6) is 17.2 Å². The van der Waals surface area contributed by atoms with Crippen molar-refractivity contribution in [1.29, 1.82) is 0 Å². The lowest BCUT2D eigenvalue weighted by molar-refractivity contribution is -0.137. The number of rotatable bonds is 10. The minimum atomic E-state index is -4.73. The Kier molecular flexibility index (Phi) is 10.1. The maximum absolute atomic E-state index is 13.9. The van der Waals surface area contributed by atoms with Crippen LogP contribution in [0.1, 0.15) is 47.6 Å². The van der Waals surface area contributed by atoms with Crippen molar-refractivity contribution in [3.8, 4) is 17.2 Å². The predicted molar refractivity (Wildman–Crippen MR) is 152 cm³/mol. The van der Waals surface area contributed by atoms with Gasteiger partial charge in [0.25, 0.3) is 5.91 Å². The van der Waals surface area contributed by atoms with Crippen LogP contribution in [0.3, 0.4) is 0 Å². The van der Waals surface area contributed by atoms with Gasteiger partial charge in [0, 0.05) is 11.2 Å². The third-order valence-electron chi connectivity index (χ3n) is 5.87. The first-order valence-corrected chi connectivity index (χ1v) is 13.5. The van der Waals surface area contributed by atoms with Crippen LogP contribution < -0.4 is 29.7 Å². The number of nitrogens with one attached hydrogen (secondary N) is 2.